The highest BCUT2D eigenvalue weighted by atomic mass is 35.5. The van der Waals surface area contributed by atoms with Crippen LogP contribution in [0, 0.1) is 5.82 Å². The highest BCUT2D eigenvalue weighted by Crippen LogP contribution is 2.30. The molecule has 0 fully saturated rings. The van der Waals surface area contributed by atoms with Crippen LogP contribution in [0.25, 0.3) is 11.1 Å². The van der Waals surface area contributed by atoms with Crippen LogP contribution in [0.2, 0.25) is 5.02 Å². The van der Waals surface area contributed by atoms with E-state index in [-0.39, 0.29) is 23.7 Å². The summed E-state index contributed by atoms with van der Waals surface area (Å²) in [4.78, 5) is 31.2. The maximum atomic E-state index is 15.0. The fourth-order valence-electron chi connectivity index (χ4n) is 3.82. The molecule has 200 valence electrons. The van der Waals surface area contributed by atoms with E-state index in [0.29, 0.717) is 21.8 Å². The molecule has 0 saturated carbocycles. The largest absolute Gasteiger partial charge is 0.322 e. The number of rotatable bonds is 8. The second-order valence-electron chi connectivity index (χ2n) is 8.66. The zero-order valence-electron chi connectivity index (χ0n) is 20.8. The van der Waals surface area contributed by atoms with E-state index in [0.717, 1.165) is 17.9 Å². The summed E-state index contributed by atoms with van der Waals surface area (Å²) in [6.45, 7) is -0.279. The number of amides is 3. The summed E-state index contributed by atoms with van der Waals surface area (Å²) >= 11 is 5.91. The minimum Gasteiger partial charge on any atom is -0.322 e. The van der Waals surface area contributed by atoms with Crippen LogP contribution in [0.5, 0.6) is 0 Å². The minimum absolute atomic E-state index is 0.0691. The molecule has 0 aliphatic heterocycles. The highest BCUT2D eigenvalue weighted by molar-refractivity contribution is 7.90. The number of pyridine rings is 1. The lowest BCUT2D eigenvalue weighted by Crippen LogP contribution is -2.40. The van der Waals surface area contributed by atoms with Gasteiger partial charge in [-0.25, -0.2) is 17.6 Å². The van der Waals surface area contributed by atoms with Gasteiger partial charge in [0.25, 0.3) is 0 Å². The first-order chi connectivity index (χ1) is 18.6. The molecule has 0 unspecified atom stereocenters. The number of sulfone groups is 1. The number of benzene rings is 3. The van der Waals surface area contributed by atoms with Crippen molar-refractivity contribution in [2.75, 3.05) is 23.4 Å². The molecule has 0 spiro atoms. The summed E-state index contributed by atoms with van der Waals surface area (Å²) in [6, 6.07) is 19.7. The fraction of sp³-hybridized carbons (Fsp3) is 0.107. The van der Waals surface area contributed by atoms with Crippen LogP contribution in [0.15, 0.2) is 96.2 Å². The second-order valence-corrected chi connectivity index (χ2v) is 11.1. The van der Waals surface area contributed by atoms with Crippen LogP contribution in [0.4, 0.5) is 20.6 Å². The van der Waals surface area contributed by atoms with Crippen LogP contribution in [0.1, 0.15) is 5.56 Å². The maximum Gasteiger partial charge on any atom is 0.322 e. The van der Waals surface area contributed by atoms with Gasteiger partial charge in [-0.15, -0.1) is 0 Å². The van der Waals surface area contributed by atoms with Gasteiger partial charge in [0.05, 0.1) is 10.6 Å². The maximum absolute atomic E-state index is 15.0. The summed E-state index contributed by atoms with van der Waals surface area (Å²) in [5, 5.41) is 5.72. The number of nitrogens with one attached hydrogen (secondary N) is 2. The molecule has 0 radical (unpaired) electrons. The third-order valence-corrected chi connectivity index (χ3v) is 7.09. The van der Waals surface area contributed by atoms with Gasteiger partial charge in [0.1, 0.15) is 12.4 Å². The summed E-state index contributed by atoms with van der Waals surface area (Å²) in [5.41, 5.74) is 1.81. The van der Waals surface area contributed by atoms with Gasteiger partial charge in [-0.05, 0) is 65.7 Å². The lowest BCUT2D eigenvalue weighted by molar-refractivity contribution is -0.116. The topological polar surface area (TPSA) is 108 Å². The molecule has 39 heavy (non-hydrogen) atoms. The van der Waals surface area contributed by atoms with Crippen molar-refractivity contribution in [3.05, 3.63) is 108 Å². The molecule has 3 aromatic carbocycles. The van der Waals surface area contributed by atoms with Gasteiger partial charge in [0.2, 0.25) is 5.91 Å². The van der Waals surface area contributed by atoms with Crippen LogP contribution in [-0.2, 0) is 21.2 Å². The van der Waals surface area contributed by atoms with Crippen LogP contribution < -0.4 is 10.6 Å². The van der Waals surface area contributed by atoms with E-state index < -0.39 is 27.6 Å². The molecule has 0 saturated heterocycles. The van der Waals surface area contributed by atoms with E-state index in [1.54, 1.807) is 67.0 Å². The molecule has 3 amide bonds. The Morgan fingerprint density at radius 3 is 2.31 bits per heavy atom. The predicted molar refractivity (Wildman–Crippen MR) is 149 cm³/mol. The smallest absolute Gasteiger partial charge is 0.322 e. The van der Waals surface area contributed by atoms with Gasteiger partial charge >= 0.3 is 6.03 Å². The van der Waals surface area contributed by atoms with E-state index >= 15 is 4.39 Å². The van der Waals surface area contributed by atoms with Crippen molar-refractivity contribution in [1.82, 2.24) is 9.88 Å². The molecule has 1 heterocycles. The Bertz CT molecular complexity index is 1600. The van der Waals surface area contributed by atoms with Gasteiger partial charge < -0.3 is 15.5 Å². The summed E-state index contributed by atoms with van der Waals surface area (Å²) in [7, 11) is -3.54. The number of carbonyl (C=O) groups excluding carboxylic acids is 2. The summed E-state index contributed by atoms with van der Waals surface area (Å²) in [6.07, 6.45) is 4.23. The van der Waals surface area contributed by atoms with Crippen molar-refractivity contribution in [2.24, 2.45) is 0 Å². The molecule has 0 aliphatic carbocycles. The SMILES string of the molecule is CS(=O)(=O)c1ccccc1-c1ccc(NC(=O)CN(Cc2ccncc2)C(=O)Nc2ccc(Cl)cc2)c(F)c1. The van der Waals surface area contributed by atoms with E-state index in [1.807, 2.05) is 0 Å². The second kappa shape index (κ2) is 12.1. The number of halogens is 2. The van der Waals surface area contributed by atoms with Crippen molar-refractivity contribution in [2.45, 2.75) is 11.4 Å². The Morgan fingerprint density at radius 1 is 0.949 bits per heavy atom. The van der Waals surface area contributed by atoms with Crippen LogP contribution in [0.3, 0.4) is 0 Å². The van der Waals surface area contributed by atoms with Crippen molar-refractivity contribution in [1.29, 1.82) is 0 Å². The van der Waals surface area contributed by atoms with Crippen LogP contribution >= 0.6 is 11.6 Å². The summed E-state index contributed by atoms with van der Waals surface area (Å²) in [5.74, 6) is -1.38. The quantitative estimate of drug-likeness (QED) is 0.288. The lowest BCUT2D eigenvalue weighted by atomic mass is 10.0. The first kappa shape index (κ1) is 27.7. The van der Waals surface area contributed by atoms with Crippen molar-refractivity contribution >= 4 is 44.8 Å². The van der Waals surface area contributed by atoms with Crippen LogP contribution in [-0.4, -0.2) is 43.0 Å². The lowest BCUT2D eigenvalue weighted by Gasteiger charge is -2.23. The predicted octanol–water partition coefficient (Wildman–Crippen LogP) is 5.62. The van der Waals surface area contributed by atoms with Gasteiger partial charge in [-0.3, -0.25) is 9.78 Å². The average Bonchev–Trinajstić information content (AvgIpc) is 2.91. The molecule has 1 aromatic heterocycles. The summed E-state index contributed by atoms with van der Waals surface area (Å²) < 4.78 is 39.3. The fourth-order valence-corrected chi connectivity index (χ4v) is 4.86. The van der Waals surface area contributed by atoms with Gasteiger partial charge in [0, 0.05) is 41.5 Å². The van der Waals surface area contributed by atoms with E-state index in [1.165, 1.54) is 23.1 Å². The molecule has 4 aromatic rings. The monoisotopic (exact) mass is 566 g/mol. The highest BCUT2D eigenvalue weighted by Gasteiger charge is 2.20. The number of nitrogens with zero attached hydrogens (tertiary/aromatic N) is 2. The van der Waals surface area contributed by atoms with Crippen molar-refractivity contribution in [3.8, 4) is 11.1 Å². The Morgan fingerprint density at radius 2 is 1.64 bits per heavy atom. The molecular formula is C28H24ClFN4O4S. The molecule has 8 nitrogen and oxygen atoms in total. The first-order valence-corrected chi connectivity index (χ1v) is 14.0. The van der Waals surface area contributed by atoms with Crippen molar-refractivity contribution in [3.63, 3.8) is 0 Å². The van der Waals surface area contributed by atoms with Gasteiger partial charge in [0.15, 0.2) is 9.84 Å². The first-order valence-electron chi connectivity index (χ1n) is 11.7. The Labute approximate surface area is 230 Å². The van der Waals surface area contributed by atoms with E-state index in [2.05, 4.69) is 15.6 Å². The number of hydrogen-bond acceptors (Lipinski definition) is 5. The van der Waals surface area contributed by atoms with Gasteiger partial charge in [-0.1, -0.05) is 35.9 Å². The number of carbonyl (C=O) groups is 2. The van der Waals surface area contributed by atoms with Gasteiger partial charge in [-0.2, -0.15) is 0 Å². The number of aromatic nitrogens is 1. The molecular weight excluding hydrogens is 543 g/mol. The Hall–Kier alpha value is -4.28. The molecule has 0 atom stereocenters. The van der Waals surface area contributed by atoms with Crippen molar-refractivity contribution < 1.29 is 22.4 Å². The molecule has 11 heteroatoms. The Kier molecular flexibility index (Phi) is 8.58. The number of anilines is 2. The Balaban J connectivity index is 1.51. The molecule has 4 rings (SSSR count). The average molecular weight is 567 g/mol. The zero-order valence-corrected chi connectivity index (χ0v) is 22.3. The molecule has 0 aliphatic rings. The van der Waals surface area contributed by atoms with E-state index in [9.17, 15) is 18.0 Å². The number of hydrogen-bond donors (Lipinski definition) is 2. The molecule has 0 bridgehead atoms. The zero-order chi connectivity index (χ0) is 28.0. The third-order valence-electron chi connectivity index (χ3n) is 5.68. The standard InChI is InChI=1S/C28H24ClFN4O4S/c1-39(37,38)26-5-3-2-4-23(26)20-6-11-25(24(30)16-20)33-27(35)18-34(17-19-12-14-31-15-13-19)28(36)32-22-9-7-21(29)8-10-22/h2-16H,17-18H2,1H3,(H,32,36)(H,33,35). The van der Waals surface area contributed by atoms with E-state index in [4.69, 9.17) is 11.6 Å². The normalized spacial score (nSPS) is 11.1. The third kappa shape index (κ3) is 7.40. The number of urea groups is 1. The minimum atomic E-state index is -3.54. The molecule has 2 N–H and O–H groups in total.